The predicted molar refractivity (Wildman–Crippen MR) is 73.5 cm³/mol. The second kappa shape index (κ2) is 5.27. The second-order valence-corrected chi connectivity index (χ2v) is 5.76. The van der Waals surface area contributed by atoms with Gasteiger partial charge < -0.3 is 10.5 Å². The lowest BCUT2D eigenvalue weighted by molar-refractivity contribution is 0.203. The van der Waals surface area contributed by atoms with Crippen molar-refractivity contribution in [2.75, 3.05) is 0 Å². The van der Waals surface area contributed by atoms with Gasteiger partial charge in [-0.25, -0.2) is 0 Å². The molecule has 0 bridgehead atoms. The Balaban J connectivity index is 2.26. The molecule has 1 aliphatic carbocycles. The van der Waals surface area contributed by atoms with Crippen LogP contribution in [0.15, 0.2) is 18.5 Å². The van der Waals surface area contributed by atoms with Crippen molar-refractivity contribution < 1.29 is 4.74 Å². The highest BCUT2D eigenvalue weighted by Crippen LogP contribution is 2.39. The van der Waals surface area contributed by atoms with E-state index >= 15 is 0 Å². The summed E-state index contributed by atoms with van der Waals surface area (Å²) in [5, 5.41) is 0. The van der Waals surface area contributed by atoms with Crippen LogP contribution in [0.1, 0.15) is 52.0 Å². The average Bonchev–Trinajstić information content (AvgIpc) is 2.32. The summed E-state index contributed by atoms with van der Waals surface area (Å²) in [5.41, 5.74) is 7.51. The zero-order valence-corrected chi connectivity index (χ0v) is 11.6. The van der Waals surface area contributed by atoms with Crippen LogP contribution in [0.3, 0.4) is 0 Å². The Kier molecular flexibility index (Phi) is 3.91. The topological polar surface area (TPSA) is 48.1 Å². The molecule has 3 heteroatoms. The van der Waals surface area contributed by atoms with Crippen molar-refractivity contribution in [3.05, 3.63) is 24.0 Å². The summed E-state index contributed by atoms with van der Waals surface area (Å²) in [5.74, 6) is 1.33. The molecule has 1 aromatic heterocycles. The van der Waals surface area contributed by atoms with Gasteiger partial charge >= 0.3 is 0 Å². The van der Waals surface area contributed by atoms with E-state index < -0.39 is 0 Å². The fourth-order valence-electron chi connectivity index (χ4n) is 2.81. The minimum Gasteiger partial charge on any atom is -0.489 e. The number of nitrogens with two attached hydrogens (primary N) is 1. The standard InChI is InChI=1S/C15H24N2O/c1-11(2)18-14-8-13(9-17-10-14)15(16)7-5-4-6-12(15)3/h8-12H,4-7,16H2,1-3H3. The quantitative estimate of drug-likeness (QED) is 0.893. The van der Waals surface area contributed by atoms with E-state index in [2.05, 4.69) is 18.0 Å². The van der Waals surface area contributed by atoms with Gasteiger partial charge in [0.05, 0.1) is 12.3 Å². The minimum absolute atomic E-state index is 0.166. The molecule has 1 aliphatic rings. The largest absolute Gasteiger partial charge is 0.489 e. The van der Waals surface area contributed by atoms with E-state index in [-0.39, 0.29) is 11.6 Å². The summed E-state index contributed by atoms with van der Waals surface area (Å²) >= 11 is 0. The van der Waals surface area contributed by atoms with Crippen molar-refractivity contribution in [1.29, 1.82) is 0 Å². The Labute approximate surface area is 110 Å². The number of nitrogens with zero attached hydrogens (tertiary/aromatic N) is 1. The van der Waals surface area contributed by atoms with Crippen LogP contribution in [0.25, 0.3) is 0 Å². The van der Waals surface area contributed by atoms with Crippen LogP contribution < -0.4 is 10.5 Å². The normalized spacial score (nSPS) is 28.4. The van der Waals surface area contributed by atoms with Gasteiger partial charge in [-0.2, -0.15) is 0 Å². The van der Waals surface area contributed by atoms with Crippen LogP contribution in [0, 0.1) is 5.92 Å². The molecular weight excluding hydrogens is 224 g/mol. The molecule has 1 fully saturated rings. The summed E-state index contributed by atoms with van der Waals surface area (Å²) in [4.78, 5) is 4.29. The van der Waals surface area contributed by atoms with Gasteiger partial charge in [0.25, 0.3) is 0 Å². The van der Waals surface area contributed by atoms with Crippen LogP contribution >= 0.6 is 0 Å². The maximum absolute atomic E-state index is 6.63. The van der Waals surface area contributed by atoms with Crippen LogP contribution in [-0.4, -0.2) is 11.1 Å². The van der Waals surface area contributed by atoms with Crippen molar-refractivity contribution >= 4 is 0 Å². The smallest absolute Gasteiger partial charge is 0.138 e. The molecule has 18 heavy (non-hydrogen) atoms. The van der Waals surface area contributed by atoms with E-state index in [4.69, 9.17) is 10.5 Å². The average molecular weight is 248 g/mol. The lowest BCUT2D eigenvalue weighted by Crippen LogP contribution is -2.45. The molecule has 2 N–H and O–H groups in total. The zero-order chi connectivity index (χ0) is 13.2. The van der Waals surface area contributed by atoms with E-state index in [1.807, 2.05) is 20.0 Å². The fraction of sp³-hybridized carbons (Fsp3) is 0.667. The van der Waals surface area contributed by atoms with Crippen LogP contribution in [-0.2, 0) is 5.54 Å². The first-order valence-corrected chi connectivity index (χ1v) is 6.93. The monoisotopic (exact) mass is 248 g/mol. The van der Waals surface area contributed by atoms with Crippen molar-refractivity contribution in [1.82, 2.24) is 4.98 Å². The first kappa shape index (κ1) is 13.3. The molecule has 1 heterocycles. The van der Waals surface area contributed by atoms with Gasteiger partial charge in [-0.05, 0) is 44.2 Å². The number of pyridine rings is 1. The Hall–Kier alpha value is -1.09. The molecule has 2 unspecified atom stereocenters. The number of ether oxygens (including phenoxy) is 1. The Morgan fingerprint density at radius 3 is 2.83 bits per heavy atom. The third-order valence-electron chi connectivity index (χ3n) is 3.98. The van der Waals surface area contributed by atoms with Crippen molar-refractivity contribution in [2.24, 2.45) is 11.7 Å². The lowest BCUT2D eigenvalue weighted by atomic mass is 9.71. The van der Waals surface area contributed by atoms with Crippen LogP contribution in [0.2, 0.25) is 0 Å². The fourth-order valence-corrected chi connectivity index (χ4v) is 2.81. The van der Waals surface area contributed by atoms with Gasteiger partial charge in [0.15, 0.2) is 0 Å². The van der Waals surface area contributed by atoms with Gasteiger partial charge in [0.2, 0.25) is 0 Å². The highest BCUT2D eigenvalue weighted by Gasteiger charge is 2.36. The number of hydrogen-bond acceptors (Lipinski definition) is 3. The van der Waals surface area contributed by atoms with Gasteiger partial charge in [0.1, 0.15) is 5.75 Å². The molecule has 0 spiro atoms. The molecule has 0 saturated heterocycles. The Bertz CT molecular complexity index is 405. The SMILES string of the molecule is CC(C)Oc1cncc(C2(N)CCCCC2C)c1. The summed E-state index contributed by atoms with van der Waals surface area (Å²) in [7, 11) is 0. The number of hydrogen-bond donors (Lipinski definition) is 1. The van der Waals surface area contributed by atoms with E-state index in [0.29, 0.717) is 5.92 Å². The summed E-state index contributed by atoms with van der Waals surface area (Å²) < 4.78 is 5.71. The minimum atomic E-state index is -0.235. The second-order valence-electron chi connectivity index (χ2n) is 5.76. The summed E-state index contributed by atoms with van der Waals surface area (Å²) in [6.07, 6.45) is 8.56. The third kappa shape index (κ3) is 2.66. The highest BCUT2D eigenvalue weighted by atomic mass is 16.5. The third-order valence-corrected chi connectivity index (χ3v) is 3.98. The van der Waals surface area contributed by atoms with E-state index in [1.165, 1.54) is 19.3 Å². The molecular formula is C15H24N2O. The predicted octanol–water partition coefficient (Wildman–Crippen LogP) is 3.23. The van der Waals surface area contributed by atoms with E-state index in [9.17, 15) is 0 Å². The molecule has 100 valence electrons. The van der Waals surface area contributed by atoms with Crippen LogP contribution in [0.4, 0.5) is 0 Å². The molecule has 3 nitrogen and oxygen atoms in total. The first-order chi connectivity index (χ1) is 8.52. The first-order valence-electron chi connectivity index (χ1n) is 6.93. The molecule has 2 atom stereocenters. The molecule has 0 amide bonds. The van der Waals surface area contributed by atoms with Gasteiger partial charge in [-0.1, -0.05) is 19.8 Å². The molecule has 1 aromatic rings. The zero-order valence-electron chi connectivity index (χ0n) is 11.6. The van der Waals surface area contributed by atoms with E-state index in [0.717, 1.165) is 17.7 Å². The Morgan fingerprint density at radius 2 is 2.17 bits per heavy atom. The molecule has 0 aromatic carbocycles. The van der Waals surface area contributed by atoms with Gasteiger partial charge in [-0.15, -0.1) is 0 Å². The van der Waals surface area contributed by atoms with Gasteiger partial charge in [-0.3, -0.25) is 4.98 Å². The number of aromatic nitrogens is 1. The van der Waals surface area contributed by atoms with Crippen molar-refractivity contribution in [3.8, 4) is 5.75 Å². The van der Waals surface area contributed by atoms with Gasteiger partial charge in [0, 0.05) is 11.7 Å². The lowest BCUT2D eigenvalue weighted by Gasteiger charge is -2.39. The Morgan fingerprint density at radius 1 is 1.39 bits per heavy atom. The molecule has 0 radical (unpaired) electrons. The summed E-state index contributed by atoms with van der Waals surface area (Å²) in [6.45, 7) is 6.29. The van der Waals surface area contributed by atoms with Crippen molar-refractivity contribution in [2.45, 2.75) is 58.1 Å². The summed E-state index contributed by atoms with van der Waals surface area (Å²) in [6, 6.07) is 2.06. The molecule has 1 saturated carbocycles. The molecule has 0 aliphatic heterocycles. The van der Waals surface area contributed by atoms with Crippen molar-refractivity contribution in [3.63, 3.8) is 0 Å². The maximum Gasteiger partial charge on any atom is 0.138 e. The maximum atomic E-state index is 6.63. The van der Waals surface area contributed by atoms with E-state index in [1.54, 1.807) is 6.20 Å². The highest BCUT2D eigenvalue weighted by molar-refractivity contribution is 5.30. The molecule has 2 rings (SSSR count). The van der Waals surface area contributed by atoms with Crippen LogP contribution in [0.5, 0.6) is 5.75 Å². The number of rotatable bonds is 3.